The summed E-state index contributed by atoms with van der Waals surface area (Å²) < 4.78 is 0.526. The zero-order valence-corrected chi connectivity index (χ0v) is 10.5. The number of quaternary nitrogens is 1. The van der Waals surface area contributed by atoms with E-state index in [-0.39, 0.29) is 0 Å². The summed E-state index contributed by atoms with van der Waals surface area (Å²) in [6.07, 6.45) is -0.894. The van der Waals surface area contributed by atoms with Gasteiger partial charge in [0.15, 0.2) is 0 Å². The van der Waals surface area contributed by atoms with E-state index in [4.69, 9.17) is 0 Å². The number of aliphatic hydroxyl groups excluding tert-OH is 1. The van der Waals surface area contributed by atoms with Gasteiger partial charge in [-0.15, -0.1) is 0 Å². The third kappa shape index (κ3) is 4.17. The van der Waals surface area contributed by atoms with Gasteiger partial charge in [0.1, 0.15) is 18.6 Å². The minimum Gasteiger partial charge on any atom is -0.481 e. The maximum atomic E-state index is 11.3. The molecule has 94 valence electrons. The van der Waals surface area contributed by atoms with E-state index >= 15 is 0 Å². The molecule has 0 aliphatic carbocycles. The van der Waals surface area contributed by atoms with E-state index in [2.05, 4.69) is 0 Å². The second kappa shape index (κ2) is 5.29. The maximum Gasteiger partial charge on any atom is 0.313 e. The molecule has 0 aromatic heterocycles. The Morgan fingerprint density at radius 3 is 2.18 bits per heavy atom. The van der Waals surface area contributed by atoms with Gasteiger partial charge in [-0.1, -0.05) is 30.3 Å². The lowest BCUT2D eigenvalue weighted by Crippen LogP contribution is -2.44. The van der Waals surface area contributed by atoms with Crippen LogP contribution >= 0.6 is 0 Å². The second-order valence-corrected chi connectivity index (χ2v) is 5.27. The normalized spacial score (nSPS) is 15.3. The molecule has 17 heavy (non-hydrogen) atoms. The number of benzene rings is 1. The summed E-state index contributed by atoms with van der Waals surface area (Å²) in [6.45, 7) is 0.395. The van der Waals surface area contributed by atoms with Crippen LogP contribution in [0.2, 0.25) is 0 Å². The summed E-state index contributed by atoms with van der Waals surface area (Å²) in [6, 6.07) is 8.86. The minimum atomic E-state index is -0.989. The fourth-order valence-electron chi connectivity index (χ4n) is 1.86. The number of carbonyl (C=O) groups is 1. The molecule has 0 aliphatic heterocycles. The molecule has 1 aromatic carbocycles. The van der Waals surface area contributed by atoms with Crippen molar-refractivity contribution in [1.82, 2.24) is 0 Å². The van der Waals surface area contributed by atoms with E-state index in [0.717, 1.165) is 0 Å². The summed E-state index contributed by atoms with van der Waals surface area (Å²) in [4.78, 5) is 11.3. The van der Waals surface area contributed by atoms with Crippen LogP contribution in [-0.4, -0.2) is 54.5 Å². The molecule has 4 nitrogen and oxygen atoms in total. The summed E-state index contributed by atoms with van der Waals surface area (Å²) in [5.41, 5.74) is 0.640. The molecule has 0 saturated carbocycles. The predicted molar refractivity (Wildman–Crippen MR) is 65.7 cm³/mol. The Balaban J connectivity index is 2.91. The first-order valence-corrected chi connectivity index (χ1v) is 5.57. The van der Waals surface area contributed by atoms with Crippen LogP contribution in [0.5, 0.6) is 0 Å². The van der Waals surface area contributed by atoms with Gasteiger partial charge in [0.05, 0.1) is 21.1 Å². The molecule has 0 aliphatic rings. The molecule has 2 atom stereocenters. The molecule has 0 bridgehead atoms. The number of hydrogen-bond donors (Lipinski definition) is 2. The highest BCUT2D eigenvalue weighted by Gasteiger charge is 2.31. The smallest absolute Gasteiger partial charge is 0.313 e. The van der Waals surface area contributed by atoms with Gasteiger partial charge in [-0.3, -0.25) is 4.79 Å². The first kappa shape index (κ1) is 13.7. The molecule has 2 N–H and O–H groups in total. The van der Waals surface area contributed by atoms with Gasteiger partial charge in [0.25, 0.3) is 0 Å². The molecule has 0 fully saturated rings. The Hall–Kier alpha value is -1.39. The maximum absolute atomic E-state index is 11.3. The molecule has 2 unspecified atom stereocenters. The Morgan fingerprint density at radius 2 is 1.76 bits per heavy atom. The molecule has 1 rings (SSSR count). The van der Waals surface area contributed by atoms with Crippen molar-refractivity contribution in [2.45, 2.75) is 12.0 Å². The van der Waals surface area contributed by atoms with E-state index in [9.17, 15) is 15.0 Å². The highest BCUT2D eigenvalue weighted by molar-refractivity contribution is 5.76. The fraction of sp³-hybridized carbons (Fsp3) is 0.462. The van der Waals surface area contributed by atoms with E-state index in [0.29, 0.717) is 16.6 Å². The quantitative estimate of drug-likeness (QED) is 0.750. The third-order valence-corrected chi connectivity index (χ3v) is 2.54. The van der Waals surface area contributed by atoms with Crippen LogP contribution in [0.3, 0.4) is 0 Å². The average molecular weight is 238 g/mol. The van der Waals surface area contributed by atoms with Crippen molar-refractivity contribution in [3.8, 4) is 0 Å². The molecule has 0 spiro atoms. The molecular formula is C13H20NO3+. The monoisotopic (exact) mass is 238 g/mol. The van der Waals surface area contributed by atoms with Crippen molar-refractivity contribution in [1.29, 1.82) is 0 Å². The molecule has 4 heteroatoms. The van der Waals surface area contributed by atoms with Gasteiger partial charge >= 0.3 is 5.97 Å². The van der Waals surface area contributed by atoms with Crippen molar-refractivity contribution in [2.24, 2.45) is 0 Å². The van der Waals surface area contributed by atoms with Gasteiger partial charge in [-0.05, 0) is 5.56 Å². The molecule has 1 aromatic rings. The van der Waals surface area contributed by atoms with Gasteiger partial charge in [0, 0.05) is 0 Å². The Labute approximate surface area is 102 Å². The summed E-state index contributed by atoms with van der Waals surface area (Å²) >= 11 is 0. The molecule has 0 saturated heterocycles. The molecule has 0 radical (unpaired) electrons. The van der Waals surface area contributed by atoms with Crippen molar-refractivity contribution < 1.29 is 19.5 Å². The lowest BCUT2D eigenvalue weighted by Gasteiger charge is -2.29. The van der Waals surface area contributed by atoms with Crippen LogP contribution in [0.1, 0.15) is 11.5 Å². The lowest BCUT2D eigenvalue weighted by molar-refractivity contribution is -0.873. The fourth-order valence-corrected chi connectivity index (χ4v) is 1.86. The first-order chi connectivity index (χ1) is 7.81. The van der Waals surface area contributed by atoms with Crippen LogP contribution in [0.4, 0.5) is 0 Å². The summed E-state index contributed by atoms with van der Waals surface area (Å²) in [5, 5.41) is 19.3. The number of hydrogen-bond acceptors (Lipinski definition) is 2. The molecule has 0 amide bonds. The number of likely N-dealkylation sites (N-methyl/N-ethyl adjacent to an activating group) is 1. The Kier molecular flexibility index (Phi) is 4.26. The van der Waals surface area contributed by atoms with Crippen LogP contribution in [0, 0.1) is 0 Å². The standard InChI is InChI=1S/C13H19NO3/c1-14(2,3)9-11(15)12(13(16)17)10-7-5-4-6-8-10/h4-8,11-12,15H,9H2,1-3H3/p+1. The van der Waals surface area contributed by atoms with E-state index in [1.165, 1.54) is 0 Å². The second-order valence-electron chi connectivity index (χ2n) is 5.27. The Morgan fingerprint density at radius 1 is 1.24 bits per heavy atom. The number of aliphatic carboxylic acids is 1. The molecular weight excluding hydrogens is 218 g/mol. The molecule has 0 heterocycles. The number of rotatable bonds is 5. The Bertz CT molecular complexity index is 370. The van der Waals surface area contributed by atoms with Gasteiger partial charge < -0.3 is 14.7 Å². The van der Waals surface area contributed by atoms with Gasteiger partial charge in [0.2, 0.25) is 0 Å². The predicted octanol–water partition coefficient (Wildman–Crippen LogP) is 0.922. The zero-order valence-electron chi connectivity index (χ0n) is 10.5. The van der Waals surface area contributed by atoms with E-state index in [1.54, 1.807) is 24.3 Å². The van der Waals surface area contributed by atoms with Crippen molar-refractivity contribution in [3.63, 3.8) is 0 Å². The third-order valence-electron chi connectivity index (χ3n) is 2.54. The van der Waals surface area contributed by atoms with Gasteiger partial charge in [-0.25, -0.2) is 0 Å². The zero-order chi connectivity index (χ0) is 13.1. The van der Waals surface area contributed by atoms with Crippen molar-refractivity contribution in [3.05, 3.63) is 35.9 Å². The topological polar surface area (TPSA) is 57.5 Å². The van der Waals surface area contributed by atoms with E-state index in [1.807, 2.05) is 27.2 Å². The van der Waals surface area contributed by atoms with Crippen LogP contribution in [0.25, 0.3) is 0 Å². The lowest BCUT2D eigenvalue weighted by atomic mass is 9.93. The van der Waals surface area contributed by atoms with Crippen LogP contribution < -0.4 is 0 Å². The number of nitrogens with zero attached hydrogens (tertiary/aromatic N) is 1. The SMILES string of the molecule is C[N+](C)(C)CC(O)C(C(=O)O)c1ccccc1. The van der Waals surface area contributed by atoms with Crippen LogP contribution in [-0.2, 0) is 4.79 Å². The number of aliphatic hydroxyl groups is 1. The highest BCUT2D eigenvalue weighted by Crippen LogP contribution is 2.21. The van der Waals surface area contributed by atoms with Gasteiger partial charge in [-0.2, -0.15) is 0 Å². The van der Waals surface area contributed by atoms with Crippen molar-refractivity contribution in [2.75, 3.05) is 27.7 Å². The van der Waals surface area contributed by atoms with Crippen LogP contribution in [0.15, 0.2) is 30.3 Å². The van der Waals surface area contributed by atoms with Crippen molar-refractivity contribution >= 4 is 5.97 Å². The highest BCUT2D eigenvalue weighted by atomic mass is 16.4. The minimum absolute atomic E-state index is 0.395. The number of carboxylic acid groups (broad SMARTS) is 1. The van der Waals surface area contributed by atoms with E-state index < -0.39 is 18.0 Å². The number of carboxylic acids is 1. The largest absolute Gasteiger partial charge is 0.481 e. The average Bonchev–Trinajstić information content (AvgIpc) is 2.15. The summed E-state index contributed by atoms with van der Waals surface area (Å²) in [7, 11) is 5.77. The summed E-state index contributed by atoms with van der Waals surface area (Å²) in [5.74, 6) is -1.86. The first-order valence-electron chi connectivity index (χ1n) is 5.57.